The summed E-state index contributed by atoms with van der Waals surface area (Å²) in [5, 5.41) is 0. The molecule has 1 aromatic rings. The van der Waals surface area contributed by atoms with Crippen molar-refractivity contribution in [1.29, 1.82) is 0 Å². The Labute approximate surface area is 149 Å². The summed E-state index contributed by atoms with van der Waals surface area (Å²) in [7, 11) is 7.58. The van der Waals surface area contributed by atoms with Gasteiger partial charge in [-0.05, 0) is 57.0 Å². The van der Waals surface area contributed by atoms with Gasteiger partial charge in [-0.2, -0.15) is 0 Å². The molecule has 1 saturated carbocycles. The van der Waals surface area contributed by atoms with Gasteiger partial charge in [0.1, 0.15) is 0 Å². The van der Waals surface area contributed by atoms with Gasteiger partial charge in [-0.1, -0.05) is 6.07 Å². The van der Waals surface area contributed by atoms with Gasteiger partial charge in [-0.15, -0.1) is 0 Å². The van der Waals surface area contributed by atoms with E-state index in [9.17, 15) is 4.79 Å². The van der Waals surface area contributed by atoms with Gasteiger partial charge < -0.3 is 19.3 Å². The molecule has 1 amide bonds. The molecule has 0 N–H and O–H groups in total. The van der Waals surface area contributed by atoms with Crippen LogP contribution in [0.1, 0.15) is 37.7 Å². The molecule has 3 aliphatic rings. The highest BCUT2D eigenvalue weighted by atomic mass is 16.5. The Morgan fingerprint density at radius 2 is 1.84 bits per heavy atom. The van der Waals surface area contributed by atoms with E-state index in [1.807, 2.05) is 18.0 Å². The maximum absolute atomic E-state index is 11.9. The predicted molar refractivity (Wildman–Crippen MR) is 96.2 cm³/mol. The first-order valence-electron chi connectivity index (χ1n) is 9.15. The Morgan fingerprint density at radius 1 is 1.08 bits per heavy atom. The van der Waals surface area contributed by atoms with Crippen LogP contribution in [0.25, 0.3) is 0 Å². The number of rotatable bonds is 3. The molecule has 2 heterocycles. The van der Waals surface area contributed by atoms with Crippen molar-refractivity contribution in [1.82, 2.24) is 9.80 Å². The maximum Gasteiger partial charge on any atom is 0.225 e. The maximum atomic E-state index is 11.9. The van der Waals surface area contributed by atoms with E-state index in [1.165, 1.54) is 5.56 Å². The van der Waals surface area contributed by atoms with E-state index >= 15 is 0 Å². The summed E-state index contributed by atoms with van der Waals surface area (Å²) in [5.74, 6) is 1.88. The molecule has 0 radical (unpaired) electrons. The quantitative estimate of drug-likeness (QED) is 0.790. The Morgan fingerprint density at radius 3 is 2.48 bits per heavy atom. The molecular formula is C20H28N2O3. The number of fused-ring (bicyclic) bond motifs is 1. The number of likely N-dealkylation sites (tertiary alicyclic amines) is 2. The van der Waals surface area contributed by atoms with E-state index in [4.69, 9.17) is 9.47 Å². The van der Waals surface area contributed by atoms with Crippen LogP contribution in [0, 0.1) is 0 Å². The fourth-order valence-corrected chi connectivity index (χ4v) is 5.46. The summed E-state index contributed by atoms with van der Waals surface area (Å²) in [6, 6.07) is 6.87. The summed E-state index contributed by atoms with van der Waals surface area (Å²) < 4.78 is 11.0. The lowest BCUT2D eigenvalue weighted by Crippen LogP contribution is -2.67. The number of nitrogens with zero attached hydrogens (tertiary/aromatic N) is 2. The van der Waals surface area contributed by atoms with Crippen molar-refractivity contribution in [2.75, 3.05) is 34.9 Å². The molecule has 1 aromatic carbocycles. The monoisotopic (exact) mass is 344 g/mol. The molecule has 3 fully saturated rings. The van der Waals surface area contributed by atoms with E-state index in [1.54, 1.807) is 14.2 Å². The number of hydrogen-bond acceptors (Lipinski definition) is 4. The largest absolute Gasteiger partial charge is 0.493 e. The van der Waals surface area contributed by atoms with Crippen LogP contribution in [-0.2, 0) is 10.2 Å². The molecule has 1 aliphatic carbocycles. The molecule has 2 aliphatic heterocycles. The van der Waals surface area contributed by atoms with Crippen LogP contribution in [0.3, 0.4) is 0 Å². The normalized spacial score (nSPS) is 34.8. The number of likely N-dealkylation sites (N-methyl/N-ethyl adjacent to an activating group) is 1. The first-order valence-corrected chi connectivity index (χ1v) is 9.15. The standard InChI is InChI=1S/C20H28N2O3/c1-21-10-9-20(14-5-6-15(24-3)16(11-14)25-4)8-7-19(12-17(20)21)13-18(23)22(19)2/h5-6,11,17H,7-10,12-13H2,1-4H3. The Balaban J connectivity index is 1.70. The van der Waals surface area contributed by atoms with Crippen LogP contribution < -0.4 is 9.47 Å². The minimum atomic E-state index is 0.0837. The molecule has 25 heavy (non-hydrogen) atoms. The number of ether oxygens (including phenoxy) is 2. The second-order valence-corrected chi connectivity index (χ2v) is 8.03. The van der Waals surface area contributed by atoms with Crippen molar-refractivity contribution in [3.05, 3.63) is 23.8 Å². The SMILES string of the molecule is COc1ccc(C23CCN(C)C2CC2(CC3)CC(=O)N2C)cc1OC. The molecule has 2 saturated heterocycles. The first-order chi connectivity index (χ1) is 12.0. The van der Waals surface area contributed by atoms with Gasteiger partial charge in [0.25, 0.3) is 0 Å². The summed E-state index contributed by atoms with van der Waals surface area (Å²) in [4.78, 5) is 16.4. The molecule has 4 rings (SSSR count). The van der Waals surface area contributed by atoms with E-state index in [0.717, 1.165) is 50.1 Å². The Bertz CT molecular complexity index is 706. The van der Waals surface area contributed by atoms with Gasteiger partial charge in [0, 0.05) is 18.5 Å². The molecule has 5 heteroatoms. The summed E-state index contributed by atoms with van der Waals surface area (Å²) in [6.07, 6.45) is 5.16. The third-order valence-electron chi connectivity index (χ3n) is 7.21. The minimum Gasteiger partial charge on any atom is -0.493 e. The van der Waals surface area contributed by atoms with Crippen LogP contribution in [0.5, 0.6) is 11.5 Å². The van der Waals surface area contributed by atoms with Crippen molar-refractivity contribution in [2.45, 2.75) is 49.1 Å². The van der Waals surface area contributed by atoms with Crippen molar-refractivity contribution in [3.8, 4) is 11.5 Å². The minimum absolute atomic E-state index is 0.0837. The fourth-order valence-electron chi connectivity index (χ4n) is 5.46. The molecule has 0 bridgehead atoms. The smallest absolute Gasteiger partial charge is 0.225 e. The lowest BCUT2D eigenvalue weighted by molar-refractivity contribution is -0.159. The molecule has 1 spiro atoms. The van der Waals surface area contributed by atoms with E-state index in [2.05, 4.69) is 24.1 Å². The predicted octanol–water partition coefficient (Wildman–Crippen LogP) is 2.43. The molecular weight excluding hydrogens is 316 g/mol. The molecule has 136 valence electrons. The highest BCUT2D eigenvalue weighted by Gasteiger charge is 2.60. The van der Waals surface area contributed by atoms with Crippen molar-refractivity contribution in [2.24, 2.45) is 0 Å². The summed E-state index contributed by atoms with van der Waals surface area (Å²) in [6.45, 7) is 1.10. The van der Waals surface area contributed by atoms with Gasteiger partial charge in [0.15, 0.2) is 11.5 Å². The van der Waals surface area contributed by atoms with Gasteiger partial charge in [0.05, 0.1) is 26.2 Å². The highest BCUT2D eigenvalue weighted by Crippen LogP contribution is 2.56. The average molecular weight is 344 g/mol. The molecule has 5 nitrogen and oxygen atoms in total. The van der Waals surface area contributed by atoms with Crippen LogP contribution >= 0.6 is 0 Å². The van der Waals surface area contributed by atoms with E-state index in [0.29, 0.717) is 11.9 Å². The number of hydrogen-bond donors (Lipinski definition) is 0. The first kappa shape index (κ1) is 16.7. The lowest BCUT2D eigenvalue weighted by Gasteiger charge is -2.58. The van der Waals surface area contributed by atoms with Gasteiger partial charge in [0.2, 0.25) is 5.91 Å². The number of β-lactam (4-membered cyclic amide) rings is 1. The van der Waals surface area contributed by atoms with Crippen LogP contribution in [-0.4, -0.2) is 62.1 Å². The zero-order valence-corrected chi connectivity index (χ0v) is 15.7. The Kier molecular flexibility index (Phi) is 3.76. The average Bonchev–Trinajstić information content (AvgIpc) is 2.98. The number of carbonyl (C=O) groups is 1. The van der Waals surface area contributed by atoms with Crippen molar-refractivity contribution >= 4 is 5.91 Å². The highest BCUT2D eigenvalue weighted by molar-refractivity contribution is 5.84. The van der Waals surface area contributed by atoms with Crippen molar-refractivity contribution in [3.63, 3.8) is 0 Å². The second kappa shape index (κ2) is 5.63. The Hall–Kier alpha value is -1.75. The zero-order valence-electron chi connectivity index (χ0n) is 15.7. The van der Waals surface area contributed by atoms with Gasteiger partial charge in [-0.3, -0.25) is 4.79 Å². The molecule has 0 aromatic heterocycles. The fraction of sp³-hybridized carbons (Fsp3) is 0.650. The van der Waals surface area contributed by atoms with Gasteiger partial charge in [-0.25, -0.2) is 0 Å². The van der Waals surface area contributed by atoms with Crippen LogP contribution in [0.2, 0.25) is 0 Å². The number of amides is 1. The van der Waals surface area contributed by atoms with Crippen molar-refractivity contribution < 1.29 is 14.3 Å². The van der Waals surface area contributed by atoms with Crippen LogP contribution in [0.15, 0.2) is 18.2 Å². The zero-order chi connectivity index (χ0) is 17.8. The molecule has 3 unspecified atom stereocenters. The van der Waals surface area contributed by atoms with Gasteiger partial charge >= 0.3 is 0 Å². The second-order valence-electron chi connectivity index (χ2n) is 8.03. The summed E-state index contributed by atoms with van der Waals surface area (Å²) >= 11 is 0. The molecule has 3 atom stereocenters. The third-order valence-corrected chi connectivity index (χ3v) is 7.21. The van der Waals surface area contributed by atoms with Crippen LogP contribution in [0.4, 0.5) is 0 Å². The number of carbonyl (C=O) groups excluding carboxylic acids is 1. The third kappa shape index (κ3) is 2.21. The van der Waals surface area contributed by atoms with E-state index in [-0.39, 0.29) is 11.0 Å². The number of benzene rings is 1. The van der Waals surface area contributed by atoms with E-state index < -0.39 is 0 Å². The topological polar surface area (TPSA) is 42.0 Å². The lowest BCUT2D eigenvalue weighted by atomic mass is 9.58. The summed E-state index contributed by atoms with van der Waals surface area (Å²) in [5.41, 5.74) is 1.59. The number of methoxy groups -OCH3 is 2.